The van der Waals surface area contributed by atoms with Gasteiger partial charge in [-0.25, -0.2) is 14.8 Å². The van der Waals surface area contributed by atoms with Crippen LogP contribution in [0.25, 0.3) is 28.0 Å². The van der Waals surface area contributed by atoms with Crippen LogP contribution in [0.2, 0.25) is 0 Å². The van der Waals surface area contributed by atoms with Gasteiger partial charge in [0.2, 0.25) is 11.5 Å². The fourth-order valence-corrected chi connectivity index (χ4v) is 4.23. The Bertz CT molecular complexity index is 1340. The number of hydrogen-bond acceptors (Lipinski definition) is 7. The van der Waals surface area contributed by atoms with Crippen molar-refractivity contribution in [2.24, 2.45) is 0 Å². The van der Waals surface area contributed by atoms with Gasteiger partial charge in [-0.15, -0.1) is 9.50 Å². The van der Waals surface area contributed by atoms with Crippen LogP contribution in [0.3, 0.4) is 0 Å². The lowest BCUT2D eigenvalue weighted by molar-refractivity contribution is -0.351. The molecule has 5 rings (SSSR count). The Morgan fingerprint density at radius 2 is 2.09 bits per heavy atom. The zero-order valence-electron chi connectivity index (χ0n) is 18.2. The summed E-state index contributed by atoms with van der Waals surface area (Å²) >= 11 is 0. The third-order valence-corrected chi connectivity index (χ3v) is 5.78. The second kappa shape index (κ2) is 8.64. The average Bonchev–Trinajstić information content (AvgIpc) is 3.47. The van der Waals surface area contributed by atoms with E-state index in [1.807, 2.05) is 30.3 Å². The molecular formula is C23H25N6O4+. The lowest BCUT2D eigenvalue weighted by Gasteiger charge is -2.11. The maximum atomic E-state index is 13.2. The molecule has 10 nitrogen and oxygen atoms in total. The minimum absolute atomic E-state index is 0.0585. The highest BCUT2D eigenvalue weighted by Crippen LogP contribution is 2.34. The van der Waals surface area contributed by atoms with E-state index in [1.54, 1.807) is 12.1 Å². The van der Waals surface area contributed by atoms with Crippen molar-refractivity contribution in [3.8, 4) is 28.3 Å². The first-order valence-corrected chi connectivity index (χ1v) is 10.8. The van der Waals surface area contributed by atoms with Crippen LogP contribution in [0.5, 0.6) is 5.88 Å². The minimum Gasteiger partial charge on any atom is -0.481 e. The van der Waals surface area contributed by atoms with E-state index < -0.39 is 0 Å². The molecule has 0 spiro atoms. The molecule has 3 aromatic heterocycles. The molecule has 4 aromatic rings. The number of H-pyrrole nitrogens is 1. The lowest BCUT2D eigenvalue weighted by atomic mass is 10.00. The second-order valence-corrected chi connectivity index (χ2v) is 7.93. The number of nitrogens with one attached hydrogen (secondary N) is 1. The molecule has 1 fully saturated rings. The molecule has 0 amide bonds. The summed E-state index contributed by atoms with van der Waals surface area (Å²) in [6.07, 6.45) is 1.79. The quantitative estimate of drug-likeness (QED) is 0.454. The summed E-state index contributed by atoms with van der Waals surface area (Å²) in [4.78, 5) is 20.7. The number of benzene rings is 1. The predicted molar refractivity (Wildman–Crippen MR) is 121 cm³/mol. The number of rotatable bonds is 6. The Morgan fingerprint density at radius 3 is 2.79 bits per heavy atom. The zero-order valence-corrected chi connectivity index (χ0v) is 18.2. The Morgan fingerprint density at radius 1 is 1.27 bits per heavy atom. The van der Waals surface area contributed by atoms with Gasteiger partial charge in [0, 0.05) is 18.2 Å². The number of methoxy groups -OCH3 is 1. The van der Waals surface area contributed by atoms with Gasteiger partial charge < -0.3 is 14.6 Å². The first kappa shape index (κ1) is 21.1. The van der Waals surface area contributed by atoms with Crippen LogP contribution in [-0.4, -0.2) is 44.1 Å². The first-order valence-electron chi connectivity index (χ1n) is 10.8. The normalized spacial score (nSPS) is 15.9. The van der Waals surface area contributed by atoms with E-state index in [0.717, 1.165) is 18.4 Å². The van der Waals surface area contributed by atoms with Gasteiger partial charge in [-0.3, -0.25) is 5.73 Å². The maximum absolute atomic E-state index is 13.2. The highest BCUT2D eigenvalue weighted by Gasteiger charge is 2.28. The van der Waals surface area contributed by atoms with E-state index in [1.165, 1.54) is 16.2 Å². The molecule has 1 aromatic carbocycles. The largest absolute Gasteiger partial charge is 0.481 e. The number of anilines is 1. The van der Waals surface area contributed by atoms with Crippen LogP contribution in [0.4, 0.5) is 5.95 Å². The van der Waals surface area contributed by atoms with Crippen LogP contribution >= 0.6 is 0 Å². The van der Waals surface area contributed by atoms with Crippen molar-refractivity contribution < 1.29 is 19.6 Å². The van der Waals surface area contributed by atoms with Crippen LogP contribution in [0, 0.1) is 0 Å². The van der Waals surface area contributed by atoms with Crippen LogP contribution in [0.1, 0.15) is 18.5 Å². The molecule has 4 heterocycles. The molecular weight excluding hydrogens is 424 g/mol. The molecule has 0 radical (unpaired) electrons. The summed E-state index contributed by atoms with van der Waals surface area (Å²) in [5.74, 6) is 0.506. The Balaban J connectivity index is 1.81. The molecule has 1 aliphatic heterocycles. The number of nitrogens with two attached hydrogens (primary N) is 1. The van der Waals surface area contributed by atoms with Gasteiger partial charge in [-0.1, -0.05) is 30.3 Å². The Kier molecular flexibility index (Phi) is 5.53. The monoisotopic (exact) mass is 449 g/mol. The number of ether oxygens (including phenoxy) is 2. The van der Waals surface area contributed by atoms with Gasteiger partial charge in [0.25, 0.3) is 0 Å². The number of hydrogen-bond donors (Lipinski definition) is 2. The molecule has 1 atom stereocenters. The Hall–Kier alpha value is -3.76. The van der Waals surface area contributed by atoms with E-state index in [0.29, 0.717) is 47.2 Å². The van der Waals surface area contributed by atoms with Gasteiger partial charge in [-0.05, 0) is 24.5 Å². The molecule has 0 bridgehead atoms. The summed E-state index contributed by atoms with van der Waals surface area (Å²) in [6, 6.07) is 13.1. The molecule has 1 aliphatic rings. The van der Waals surface area contributed by atoms with Crippen LogP contribution < -0.4 is 21.1 Å². The molecule has 33 heavy (non-hydrogen) atoms. The summed E-state index contributed by atoms with van der Waals surface area (Å²) in [6.45, 7) is 0.772. The molecule has 4 N–H and O–H groups in total. The summed E-state index contributed by atoms with van der Waals surface area (Å²) in [7, 11) is 1.51. The van der Waals surface area contributed by atoms with E-state index >= 15 is 0 Å². The van der Waals surface area contributed by atoms with Gasteiger partial charge >= 0.3 is 11.6 Å². The smallest absolute Gasteiger partial charge is 0.411 e. The van der Waals surface area contributed by atoms with E-state index in [2.05, 4.69) is 15.1 Å². The summed E-state index contributed by atoms with van der Waals surface area (Å²) in [5.41, 5.74) is 9.68. The maximum Gasteiger partial charge on any atom is 0.411 e. The first-order chi connectivity index (χ1) is 16.1. The molecule has 10 heteroatoms. The molecule has 0 saturated carbocycles. The van der Waals surface area contributed by atoms with E-state index in [9.17, 15) is 9.90 Å². The number of nitrogens with zero attached hydrogens (tertiary/aromatic N) is 4. The Labute approximate surface area is 189 Å². The van der Waals surface area contributed by atoms with E-state index in [4.69, 9.17) is 15.2 Å². The van der Waals surface area contributed by atoms with Crippen molar-refractivity contribution in [2.75, 3.05) is 19.5 Å². The number of aliphatic hydroxyl groups excluding tert-OH is 1. The SMILES string of the molecule is COc1cc(-c2c(-c3ccccc3)[nH+]c(N)n3c(=O)n(C[C@H]4CCCO4)nc23)cc(CO)n1. The fraction of sp³-hybridized carbons (Fsp3) is 0.304. The lowest BCUT2D eigenvalue weighted by Crippen LogP contribution is -2.30. The number of fused-ring (bicyclic) bond motifs is 1. The summed E-state index contributed by atoms with van der Waals surface area (Å²) in [5, 5.41) is 14.4. The van der Waals surface area contributed by atoms with Crippen molar-refractivity contribution >= 4 is 11.6 Å². The van der Waals surface area contributed by atoms with Crippen molar-refractivity contribution in [3.63, 3.8) is 0 Å². The van der Waals surface area contributed by atoms with Gasteiger partial charge in [-0.2, -0.15) is 4.68 Å². The minimum atomic E-state index is -0.349. The number of aliphatic hydroxyl groups is 1. The standard InChI is InChI=1S/C23H24N6O4/c1-32-18-11-15(10-16(13-30)25-18)19-20(14-6-3-2-4-7-14)26-22(24)29-21(19)27-28(23(29)31)12-17-8-5-9-33-17/h2-4,6-7,10-11,17,30H,5,8-9,12-13H2,1H3,(H2,24,26)/p+1/t17-/m1/s1. The molecule has 0 unspecified atom stereocenters. The fourth-order valence-electron chi connectivity index (χ4n) is 4.23. The zero-order chi connectivity index (χ0) is 22.9. The van der Waals surface area contributed by atoms with Crippen molar-refractivity contribution in [1.29, 1.82) is 0 Å². The topological polar surface area (TPSA) is 131 Å². The van der Waals surface area contributed by atoms with Crippen molar-refractivity contribution in [3.05, 3.63) is 58.6 Å². The van der Waals surface area contributed by atoms with Crippen molar-refractivity contribution in [2.45, 2.75) is 32.1 Å². The van der Waals surface area contributed by atoms with Gasteiger partial charge in [0.1, 0.15) is 5.69 Å². The average molecular weight is 449 g/mol. The van der Waals surface area contributed by atoms with Gasteiger partial charge in [0.15, 0.2) is 0 Å². The van der Waals surface area contributed by atoms with Crippen LogP contribution in [-0.2, 0) is 17.9 Å². The van der Waals surface area contributed by atoms with Gasteiger partial charge in [0.05, 0.1) is 37.6 Å². The second-order valence-electron chi connectivity index (χ2n) is 7.93. The molecule has 0 aliphatic carbocycles. The number of aromatic nitrogens is 5. The highest BCUT2D eigenvalue weighted by molar-refractivity contribution is 5.89. The number of aromatic amines is 1. The van der Waals surface area contributed by atoms with E-state index in [-0.39, 0.29) is 24.3 Å². The third kappa shape index (κ3) is 3.83. The van der Waals surface area contributed by atoms with Crippen molar-refractivity contribution in [1.82, 2.24) is 19.2 Å². The predicted octanol–water partition coefficient (Wildman–Crippen LogP) is 1.30. The number of nitrogen functional groups attached to an aromatic ring is 1. The highest BCUT2D eigenvalue weighted by atomic mass is 16.5. The van der Waals surface area contributed by atoms with Crippen LogP contribution in [0.15, 0.2) is 47.3 Å². The third-order valence-electron chi connectivity index (χ3n) is 5.78. The summed E-state index contributed by atoms with van der Waals surface area (Å²) < 4.78 is 13.8. The molecule has 1 saturated heterocycles. The number of pyridine rings is 1. The molecule has 170 valence electrons.